The minimum absolute atomic E-state index is 0. The van der Waals surface area contributed by atoms with Gasteiger partial charge in [-0.2, -0.15) is 0 Å². The van der Waals surface area contributed by atoms with Gasteiger partial charge in [0.05, 0.1) is 19.3 Å². The van der Waals surface area contributed by atoms with Gasteiger partial charge in [-0.15, -0.1) is 24.0 Å². The van der Waals surface area contributed by atoms with Crippen LogP contribution >= 0.6 is 24.0 Å². The van der Waals surface area contributed by atoms with Crippen LogP contribution in [0.15, 0.2) is 23.3 Å². The molecular formula is C21H38IN5O2. The van der Waals surface area contributed by atoms with Gasteiger partial charge in [0, 0.05) is 51.5 Å². The molecule has 1 unspecified atom stereocenters. The second-order valence-corrected chi connectivity index (χ2v) is 7.62. The summed E-state index contributed by atoms with van der Waals surface area (Å²) in [6, 6.07) is 3.96. The standard InChI is InChI=1S/C21H37N5O2.HI/c1-5-6-11-28-20-18(8-7-9-23-20)13-24-21(22-4)25-14-19-16-26(10-12-27-19)15-17(2)3;/h7-9,17,19H,5-6,10-16H2,1-4H3,(H2,22,24,25);1H. The Hall–Kier alpha value is -1.13. The van der Waals surface area contributed by atoms with E-state index in [9.17, 15) is 0 Å². The summed E-state index contributed by atoms with van der Waals surface area (Å²) in [5, 5.41) is 6.73. The smallest absolute Gasteiger partial charge is 0.218 e. The Kier molecular flexibility index (Phi) is 13.2. The van der Waals surface area contributed by atoms with Crippen molar-refractivity contribution in [2.45, 2.75) is 46.3 Å². The molecular weight excluding hydrogens is 481 g/mol. The molecule has 2 heterocycles. The van der Waals surface area contributed by atoms with Crippen LogP contribution in [0.25, 0.3) is 0 Å². The number of rotatable bonds is 10. The minimum atomic E-state index is 0. The number of ether oxygens (including phenoxy) is 2. The Morgan fingerprint density at radius 1 is 1.41 bits per heavy atom. The third-order valence-corrected chi connectivity index (χ3v) is 4.60. The second-order valence-electron chi connectivity index (χ2n) is 7.62. The highest BCUT2D eigenvalue weighted by atomic mass is 127. The van der Waals surface area contributed by atoms with Gasteiger partial charge in [-0.25, -0.2) is 4.98 Å². The van der Waals surface area contributed by atoms with Gasteiger partial charge in [-0.3, -0.25) is 9.89 Å². The van der Waals surface area contributed by atoms with E-state index >= 15 is 0 Å². The summed E-state index contributed by atoms with van der Waals surface area (Å²) in [7, 11) is 1.78. The van der Waals surface area contributed by atoms with E-state index in [0.717, 1.165) is 57.2 Å². The second kappa shape index (κ2) is 14.8. The number of nitrogens with one attached hydrogen (secondary N) is 2. The van der Waals surface area contributed by atoms with Gasteiger partial charge in [-0.1, -0.05) is 33.3 Å². The first-order valence-corrected chi connectivity index (χ1v) is 10.5. The normalized spacial score (nSPS) is 17.7. The predicted molar refractivity (Wildman–Crippen MR) is 129 cm³/mol. The van der Waals surface area contributed by atoms with Crippen molar-refractivity contribution in [1.29, 1.82) is 0 Å². The number of nitrogens with zero attached hydrogens (tertiary/aromatic N) is 3. The van der Waals surface area contributed by atoms with Crippen LogP contribution < -0.4 is 15.4 Å². The van der Waals surface area contributed by atoms with Gasteiger partial charge in [0.2, 0.25) is 5.88 Å². The van der Waals surface area contributed by atoms with Crippen molar-refractivity contribution in [2.24, 2.45) is 10.9 Å². The van der Waals surface area contributed by atoms with Crippen LogP contribution in [-0.4, -0.2) is 68.4 Å². The maximum Gasteiger partial charge on any atom is 0.218 e. The van der Waals surface area contributed by atoms with Crippen LogP contribution in [-0.2, 0) is 11.3 Å². The topological polar surface area (TPSA) is 71.0 Å². The van der Waals surface area contributed by atoms with Gasteiger partial charge in [0.25, 0.3) is 0 Å². The van der Waals surface area contributed by atoms with E-state index in [-0.39, 0.29) is 30.1 Å². The van der Waals surface area contributed by atoms with Crippen molar-refractivity contribution in [3.05, 3.63) is 23.9 Å². The molecule has 166 valence electrons. The summed E-state index contributed by atoms with van der Waals surface area (Å²) in [6.45, 7) is 12.6. The number of guanidine groups is 1. The zero-order chi connectivity index (χ0) is 20.2. The van der Waals surface area contributed by atoms with Crippen LogP contribution in [0.2, 0.25) is 0 Å². The maximum atomic E-state index is 5.90. The average Bonchev–Trinajstić information content (AvgIpc) is 2.69. The van der Waals surface area contributed by atoms with Crippen LogP contribution in [0.1, 0.15) is 39.2 Å². The van der Waals surface area contributed by atoms with Crippen molar-refractivity contribution in [2.75, 3.05) is 46.4 Å². The Balaban J connectivity index is 0.00000420. The summed E-state index contributed by atoms with van der Waals surface area (Å²) >= 11 is 0. The number of halogens is 1. The third-order valence-electron chi connectivity index (χ3n) is 4.60. The number of hydrogen-bond donors (Lipinski definition) is 2. The third kappa shape index (κ3) is 9.95. The highest BCUT2D eigenvalue weighted by molar-refractivity contribution is 14.0. The highest BCUT2D eigenvalue weighted by Gasteiger charge is 2.21. The number of morpholine rings is 1. The molecule has 7 nitrogen and oxygen atoms in total. The van der Waals surface area contributed by atoms with E-state index in [0.29, 0.717) is 24.9 Å². The molecule has 1 fully saturated rings. The molecule has 8 heteroatoms. The summed E-state index contributed by atoms with van der Waals surface area (Å²) in [5.41, 5.74) is 1.03. The lowest BCUT2D eigenvalue weighted by molar-refractivity contribution is -0.0284. The number of aliphatic imine (C=N–C) groups is 1. The fraction of sp³-hybridized carbons (Fsp3) is 0.714. The molecule has 29 heavy (non-hydrogen) atoms. The SMILES string of the molecule is CCCCOc1ncccc1CNC(=NC)NCC1CN(CC(C)C)CCO1.I. The summed E-state index contributed by atoms with van der Waals surface area (Å²) in [6.07, 6.45) is 4.08. The average molecular weight is 519 g/mol. The molecule has 0 aliphatic carbocycles. The molecule has 1 aromatic rings. The molecule has 1 aliphatic heterocycles. The van der Waals surface area contributed by atoms with E-state index in [1.165, 1.54) is 0 Å². The van der Waals surface area contributed by atoms with Crippen LogP contribution in [0, 0.1) is 5.92 Å². The number of unbranched alkanes of at least 4 members (excludes halogenated alkanes) is 1. The molecule has 1 atom stereocenters. The molecule has 0 amide bonds. The molecule has 2 N–H and O–H groups in total. The van der Waals surface area contributed by atoms with E-state index in [1.54, 1.807) is 13.2 Å². The molecule has 1 aliphatic rings. The summed E-state index contributed by atoms with van der Waals surface area (Å²) in [5.74, 6) is 2.13. The molecule has 2 rings (SSSR count). The van der Waals surface area contributed by atoms with Crippen LogP contribution in [0.4, 0.5) is 0 Å². The number of hydrogen-bond acceptors (Lipinski definition) is 5. The molecule has 0 spiro atoms. The molecule has 1 aromatic heterocycles. The molecule has 1 saturated heterocycles. The minimum Gasteiger partial charge on any atom is -0.477 e. The van der Waals surface area contributed by atoms with Gasteiger partial charge < -0.3 is 20.1 Å². The van der Waals surface area contributed by atoms with Crippen LogP contribution in [0.5, 0.6) is 5.88 Å². The summed E-state index contributed by atoms with van der Waals surface area (Å²) in [4.78, 5) is 11.2. The predicted octanol–water partition coefficient (Wildman–Crippen LogP) is 2.90. The fourth-order valence-corrected chi connectivity index (χ4v) is 3.20. The Bertz CT molecular complexity index is 600. The van der Waals surface area contributed by atoms with E-state index < -0.39 is 0 Å². The quantitative estimate of drug-likeness (QED) is 0.215. The van der Waals surface area contributed by atoms with Crippen molar-refractivity contribution in [1.82, 2.24) is 20.5 Å². The van der Waals surface area contributed by atoms with Crippen molar-refractivity contribution in [3.8, 4) is 5.88 Å². The molecule has 0 bridgehead atoms. The monoisotopic (exact) mass is 519 g/mol. The van der Waals surface area contributed by atoms with Gasteiger partial charge in [-0.05, 0) is 18.4 Å². The maximum absolute atomic E-state index is 5.90. The first kappa shape index (κ1) is 25.9. The zero-order valence-electron chi connectivity index (χ0n) is 18.3. The lowest BCUT2D eigenvalue weighted by atomic mass is 10.2. The first-order valence-electron chi connectivity index (χ1n) is 10.5. The highest BCUT2D eigenvalue weighted by Crippen LogP contribution is 2.14. The van der Waals surface area contributed by atoms with Gasteiger partial charge >= 0.3 is 0 Å². The Morgan fingerprint density at radius 3 is 2.97 bits per heavy atom. The largest absolute Gasteiger partial charge is 0.477 e. The van der Waals surface area contributed by atoms with E-state index in [2.05, 4.69) is 46.3 Å². The number of aromatic nitrogens is 1. The Morgan fingerprint density at radius 2 is 2.24 bits per heavy atom. The van der Waals surface area contributed by atoms with Crippen LogP contribution in [0.3, 0.4) is 0 Å². The van der Waals surface area contributed by atoms with Crippen molar-refractivity contribution < 1.29 is 9.47 Å². The molecule has 0 radical (unpaired) electrons. The van der Waals surface area contributed by atoms with E-state index in [1.807, 2.05) is 12.1 Å². The fourth-order valence-electron chi connectivity index (χ4n) is 3.20. The Labute approximate surface area is 193 Å². The zero-order valence-corrected chi connectivity index (χ0v) is 20.6. The first-order chi connectivity index (χ1) is 13.6. The lowest BCUT2D eigenvalue weighted by Gasteiger charge is -2.34. The van der Waals surface area contributed by atoms with Gasteiger partial charge in [0.1, 0.15) is 0 Å². The number of pyridine rings is 1. The molecule has 0 aromatic carbocycles. The van der Waals surface area contributed by atoms with Gasteiger partial charge in [0.15, 0.2) is 5.96 Å². The summed E-state index contributed by atoms with van der Waals surface area (Å²) < 4.78 is 11.7. The van der Waals surface area contributed by atoms with Crippen molar-refractivity contribution >= 4 is 29.9 Å². The van der Waals surface area contributed by atoms with Crippen molar-refractivity contribution in [3.63, 3.8) is 0 Å². The lowest BCUT2D eigenvalue weighted by Crippen LogP contribution is -2.50. The van der Waals surface area contributed by atoms with E-state index in [4.69, 9.17) is 9.47 Å². The molecule has 0 saturated carbocycles.